The first kappa shape index (κ1) is 77.5. The van der Waals surface area contributed by atoms with Crippen LogP contribution in [0.2, 0.25) is 0 Å². The molecule has 0 saturated heterocycles. The predicted molar refractivity (Wildman–Crippen MR) is 342 cm³/mol. The first-order valence-electron chi connectivity index (χ1n) is 33.6. The highest BCUT2D eigenvalue weighted by Gasteiger charge is 2.22. The molecule has 0 aliphatic rings. The van der Waals surface area contributed by atoms with Crippen LogP contribution in [-0.4, -0.2) is 70.0 Å². The molecule has 0 amide bonds. The third-order valence-corrected chi connectivity index (χ3v) is 15.7. The minimum Gasteiger partial charge on any atom is -0.756 e. The topological polar surface area (TPSA) is 111 Å². The van der Waals surface area contributed by atoms with Crippen LogP contribution in [0.5, 0.6) is 0 Å². The van der Waals surface area contributed by atoms with Gasteiger partial charge in [0.05, 0.1) is 27.7 Å². The van der Waals surface area contributed by atoms with Crippen LogP contribution in [0, 0.1) is 0 Å². The summed E-state index contributed by atoms with van der Waals surface area (Å²) in [5.41, 5.74) is 0. The zero-order valence-electron chi connectivity index (χ0n) is 53.0. The van der Waals surface area contributed by atoms with Crippen LogP contribution in [0.25, 0.3) is 0 Å². The highest BCUT2D eigenvalue weighted by atomic mass is 31.2. The van der Waals surface area contributed by atoms with E-state index in [2.05, 4.69) is 86.8 Å². The van der Waals surface area contributed by atoms with Crippen LogP contribution in [0.3, 0.4) is 0 Å². The fourth-order valence-corrected chi connectivity index (χ4v) is 10.3. The number of carbonyl (C=O) groups is 2. The molecular formula is C70H128NO8P. The van der Waals surface area contributed by atoms with Crippen molar-refractivity contribution in [2.45, 2.75) is 315 Å². The Kier molecular flexibility index (Phi) is 59.1. The van der Waals surface area contributed by atoms with Gasteiger partial charge in [-0.15, -0.1) is 0 Å². The van der Waals surface area contributed by atoms with Crippen molar-refractivity contribution in [2.24, 2.45) is 0 Å². The van der Waals surface area contributed by atoms with Crippen LogP contribution >= 0.6 is 7.82 Å². The smallest absolute Gasteiger partial charge is 0.306 e. The van der Waals surface area contributed by atoms with Crippen LogP contribution in [-0.2, 0) is 32.7 Å². The number of phosphoric ester groups is 1. The number of hydrogen-bond donors (Lipinski definition) is 0. The van der Waals surface area contributed by atoms with E-state index in [0.29, 0.717) is 17.4 Å². The van der Waals surface area contributed by atoms with E-state index < -0.39 is 26.5 Å². The number of allylic oxidation sites excluding steroid dienone is 12. The second-order valence-corrected chi connectivity index (χ2v) is 25.2. The second-order valence-electron chi connectivity index (χ2n) is 23.8. The van der Waals surface area contributed by atoms with Gasteiger partial charge in [-0.2, -0.15) is 0 Å². The normalized spacial score (nSPS) is 13.6. The maximum absolute atomic E-state index is 12.8. The Labute approximate surface area is 495 Å². The van der Waals surface area contributed by atoms with Gasteiger partial charge in [0.1, 0.15) is 19.8 Å². The van der Waals surface area contributed by atoms with Crippen LogP contribution in [0.1, 0.15) is 309 Å². The van der Waals surface area contributed by atoms with Gasteiger partial charge in [0.25, 0.3) is 7.82 Å². The van der Waals surface area contributed by atoms with Crippen molar-refractivity contribution in [3.8, 4) is 0 Å². The number of likely N-dealkylation sites (N-methyl/N-ethyl adjacent to an activating group) is 1. The van der Waals surface area contributed by atoms with Crippen molar-refractivity contribution < 1.29 is 42.1 Å². The number of carbonyl (C=O) groups excluding carboxylic acids is 2. The minimum atomic E-state index is -4.64. The number of hydrogen-bond acceptors (Lipinski definition) is 8. The van der Waals surface area contributed by atoms with Crippen molar-refractivity contribution >= 4 is 19.8 Å². The summed E-state index contributed by atoms with van der Waals surface area (Å²) in [5.74, 6) is -0.831. The summed E-state index contributed by atoms with van der Waals surface area (Å²) in [7, 11) is 1.17. The van der Waals surface area contributed by atoms with E-state index in [1.807, 2.05) is 21.1 Å². The van der Waals surface area contributed by atoms with Gasteiger partial charge in [-0.1, -0.05) is 286 Å². The van der Waals surface area contributed by atoms with Gasteiger partial charge in [0.2, 0.25) is 0 Å². The third kappa shape index (κ3) is 64.6. The number of unbranched alkanes of at least 4 members (excludes halogenated alkanes) is 36. The zero-order chi connectivity index (χ0) is 58.4. The van der Waals surface area contributed by atoms with E-state index in [1.165, 1.54) is 193 Å². The van der Waals surface area contributed by atoms with Crippen LogP contribution in [0.4, 0.5) is 0 Å². The van der Waals surface area contributed by atoms with E-state index in [0.717, 1.165) is 83.5 Å². The molecule has 0 spiro atoms. The molecule has 2 atom stereocenters. The van der Waals surface area contributed by atoms with Crippen LogP contribution in [0.15, 0.2) is 72.9 Å². The van der Waals surface area contributed by atoms with E-state index in [9.17, 15) is 19.0 Å². The van der Waals surface area contributed by atoms with Gasteiger partial charge in [0.15, 0.2) is 6.10 Å². The molecule has 80 heavy (non-hydrogen) atoms. The van der Waals surface area contributed by atoms with Gasteiger partial charge in [0, 0.05) is 12.8 Å². The quantitative estimate of drug-likeness (QED) is 0.0195. The first-order valence-corrected chi connectivity index (χ1v) is 35.1. The molecule has 0 aliphatic heterocycles. The molecule has 0 bridgehead atoms. The molecule has 0 aromatic heterocycles. The van der Waals surface area contributed by atoms with Gasteiger partial charge in [-0.25, -0.2) is 0 Å². The van der Waals surface area contributed by atoms with Gasteiger partial charge in [-0.3, -0.25) is 14.2 Å². The largest absolute Gasteiger partial charge is 0.756 e. The molecule has 0 radical (unpaired) electrons. The van der Waals surface area contributed by atoms with E-state index in [-0.39, 0.29) is 32.0 Å². The Bertz CT molecular complexity index is 1580. The average molecular weight is 1140 g/mol. The molecular weight excluding hydrogens is 1010 g/mol. The number of phosphoric acid groups is 1. The summed E-state index contributed by atoms with van der Waals surface area (Å²) < 4.78 is 34.2. The lowest BCUT2D eigenvalue weighted by atomic mass is 10.0. The number of quaternary nitrogens is 1. The lowest BCUT2D eigenvalue weighted by molar-refractivity contribution is -0.870. The molecule has 0 aromatic carbocycles. The van der Waals surface area contributed by atoms with E-state index in [4.69, 9.17) is 18.5 Å². The Morgan fingerprint density at radius 1 is 0.400 bits per heavy atom. The summed E-state index contributed by atoms with van der Waals surface area (Å²) in [5, 5.41) is 0. The number of rotatable bonds is 62. The van der Waals surface area contributed by atoms with Gasteiger partial charge < -0.3 is 27.9 Å². The summed E-state index contributed by atoms with van der Waals surface area (Å²) in [4.78, 5) is 37.9. The molecule has 0 aromatic rings. The average Bonchev–Trinajstić information content (AvgIpc) is 3.42. The van der Waals surface area contributed by atoms with Crippen molar-refractivity contribution in [1.82, 2.24) is 0 Å². The number of esters is 2. The Hall–Kier alpha value is -2.55. The molecule has 2 unspecified atom stereocenters. The van der Waals surface area contributed by atoms with Gasteiger partial charge >= 0.3 is 11.9 Å². The zero-order valence-corrected chi connectivity index (χ0v) is 53.9. The molecule has 0 heterocycles. The van der Waals surface area contributed by atoms with Crippen molar-refractivity contribution in [1.29, 1.82) is 0 Å². The van der Waals surface area contributed by atoms with Crippen LogP contribution < -0.4 is 4.89 Å². The Balaban J connectivity index is 3.88. The summed E-state index contributed by atoms with van der Waals surface area (Å²) in [6, 6.07) is 0. The molecule has 0 saturated carbocycles. The predicted octanol–water partition coefficient (Wildman–Crippen LogP) is 21.0. The van der Waals surface area contributed by atoms with E-state index >= 15 is 0 Å². The molecule has 0 fully saturated rings. The molecule has 466 valence electrons. The second kappa shape index (κ2) is 61.0. The lowest BCUT2D eigenvalue weighted by Gasteiger charge is -2.28. The highest BCUT2D eigenvalue weighted by Crippen LogP contribution is 2.38. The molecule has 0 aliphatic carbocycles. The number of ether oxygens (including phenoxy) is 2. The fraction of sp³-hybridized carbons (Fsp3) is 0.800. The van der Waals surface area contributed by atoms with Crippen molar-refractivity contribution in [3.05, 3.63) is 72.9 Å². The maximum Gasteiger partial charge on any atom is 0.306 e. The highest BCUT2D eigenvalue weighted by molar-refractivity contribution is 7.45. The van der Waals surface area contributed by atoms with Gasteiger partial charge in [-0.05, 0) is 83.5 Å². The third-order valence-electron chi connectivity index (χ3n) is 14.7. The standard InChI is InChI=1S/C70H128NO8P/c1-6-8-10-12-14-16-18-20-22-23-24-25-26-27-28-29-30-31-32-33-34-35-36-37-38-39-40-41-42-43-44-45-46-47-49-51-53-55-57-59-61-63-70(73)79-68(67-78-80(74,75)77-65-64-71(3,4)5)66-76-69(72)62-60-58-56-54-52-50-48-21-19-17-15-13-11-9-7-2/h8,10,14,16,20-22,24-25,27-28,48,68H,6-7,9,11-13,15,17-19,23,26,29-47,49-67H2,1-5H3/b10-8-,16-14-,22-20-,25-24-,28-27-,48-21-. The Morgan fingerprint density at radius 2 is 0.713 bits per heavy atom. The molecule has 10 heteroatoms. The summed E-state index contributed by atoms with van der Waals surface area (Å²) in [6.07, 6.45) is 81.4. The summed E-state index contributed by atoms with van der Waals surface area (Å²) >= 11 is 0. The first-order chi connectivity index (χ1) is 39.0. The molecule has 9 nitrogen and oxygen atoms in total. The minimum absolute atomic E-state index is 0.0311. The fourth-order valence-electron chi connectivity index (χ4n) is 9.56. The SMILES string of the molecule is CC/C=C\C/C=C\C/C=C\C/C=C\C/C=C\CCCCCCCCCCCCCCCCCCCCCCCCCCCC(=O)OC(COC(=O)CCCCCCC/C=C\CCCCCCCC)COP(=O)([O-])OCC[N+](C)(C)C. The van der Waals surface area contributed by atoms with Crippen molar-refractivity contribution in [3.63, 3.8) is 0 Å². The lowest BCUT2D eigenvalue weighted by Crippen LogP contribution is -2.37. The maximum atomic E-state index is 12.8. The molecule has 0 rings (SSSR count). The Morgan fingerprint density at radius 3 is 1.07 bits per heavy atom. The number of nitrogens with zero attached hydrogens (tertiary/aromatic N) is 1. The van der Waals surface area contributed by atoms with E-state index in [1.54, 1.807) is 0 Å². The molecule has 0 N–H and O–H groups in total. The summed E-state index contributed by atoms with van der Waals surface area (Å²) in [6.45, 7) is 4.14. The monoisotopic (exact) mass is 1140 g/mol. The van der Waals surface area contributed by atoms with Crippen molar-refractivity contribution in [2.75, 3.05) is 47.5 Å².